The molecule has 0 fully saturated rings. The monoisotopic (exact) mass is 216 g/mol. The van der Waals surface area contributed by atoms with Crippen molar-refractivity contribution >= 4 is 0 Å². The SMILES string of the molecule is CNC(Cc1cccc(C)c1)c1cn[nH]n1. The lowest BCUT2D eigenvalue weighted by molar-refractivity contribution is 0.574. The molecule has 2 rings (SSSR count). The van der Waals surface area contributed by atoms with Gasteiger partial charge in [0, 0.05) is 0 Å². The minimum Gasteiger partial charge on any atom is -0.311 e. The molecule has 1 aromatic carbocycles. The molecule has 16 heavy (non-hydrogen) atoms. The molecule has 4 nitrogen and oxygen atoms in total. The molecule has 4 heteroatoms. The van der Waals surface area contributed by atoms with Gasteiger partial charge in [-0.2, -0.15) is 15.4 Å². The molecule has 1 aromatic heterocycles. The van der Waals surface area contributed by atoms with E-state index in [0.717, 1.165) is 12.1 Å². The van der Waals surface area contributed by atoms with Crippen LogP contribution in [-0.4, -0.2) is 22.5 Å². The molecule has 0 saturated heterocycles. The van der Waals surface area contributed by atoms with E-state index in [0.29, 0.717) is 0 Å². The molecular formula is C12H16N4. The van der Waals surface area contributed by atoms with Crippen molar-refractivity contribution < 1.29 is 0 Å². The number of H-pyrrole nitrogens is 1. The van der Waals surface area contributed by atoms with Crippen molar-refractivity contribution in [1.82, 2.24) is 20.7 Å². The molecule has 84 valence electrons. The normalized spacial score (nSPS) is 12.6. The van der Waals surface area contributed by atoms with Crippen molar-refractivity contribution in [2.24, 2.45) is 0 Å². The Kier molecular flexibility index (Phi) is 3.31. The van der Waals surface area contributed by atoms with Crippen molar-refractivity contribution in [3.8, 4) is 0 Å². The van der Waals surface area contributed by atoms with Crippen molar-refractivity contribution in [2.75, 3.05) is 7.05 Å². The number of aromatic amines is 1. The number of nitrogens with zero attached hydrogens (tertiary/aromatic N) is 2. The van der Waals surface area contributed by atoms with E-state index in [1.807, 2.05) is 7.05 Å². The Morgan fingerprint density at radius 2 is 2.31 bits per heavy atom. The fourth-order valence-electron chi connectivity index (χ4n) is 1.81. The van der Waals surface area contributed by atoms with Crippen LogP contribution in [0, 0.1) is 6.92 Å². The van der Waals surface area contributed by atoms with E-state index < -0.39 is 0 Å². The molecule has 2 N–H and O–H groups in total. The molecule has 0 aliphatic rings. The van der Waals surface area contributed by atoms with Gasteiger partial charge in [0.15, 0.2) is 0 Å². The second-order valence-electron chi connectivity index (χ2n) is 3.93. The van der Waals surface area contributed by atoms with Crippen LogP contribution in [0.4, 0.5) is 0 Å². The van der Waals surface area contributed by atoms with Crippen LogP contribution in [0.25, 0.3) is 0 Å². The van der Waals surface area contributed by atoms with Crippen LogP contribution in [0.3, 0.4) is 0 Å². The summed E-state index contributed by atoms with van der Waals surface area (Å²) in [6.07, 6.45) is 2.68. The van der Waals surface area contributed by atoms with Crippen molar-refractivity contribution in [2.45, 2.75) is 19.4 Å². The third-order valence-corrected chi connectivity index (χ3v) is 2.66. The summed E-state index contributed by atoms with van der Waals surface area (Å²) in [4.78, 5) is 0. The zero-order chi connectivity index (χ0) is 11.4. The van der Waals surface area contributed by atoms with E-state index >= 15 is 0 Å². The van der Waals surface area contributed by atoms with Gasteiger partial charge in [-0.05, 0) is 26.0 Å². The zero-order valence-corrected chi connectivity index (χ0v) is 9.57. The molecule has 2 aromatic rings. The minimum atomic E-state index is 0.209. The smallest absolute Gasteiger partial charge is 0.0997 e. The first-order chi connectivity index (χ1) is 7.79. The molecule has 0 radical (unpaired) electrons. The quantitative estimate of drug-likeness (QED) is 0.816. The number of aromatic nitrogens is 3. The zero-order valence-electron chi connectivity index (χ0n) is 9.57. The lowest BCUT2D eigenvalue weighted by Gasteiger charge is -2.13. The molecular weight excluding hydrogens is 200 g/mol. The minimum absolute atomic E-state index is 0.209. The van der Waals surface area contributed by atoms with Gasteiger partial charge < -0.3 is 5.32 Å². The maximum atomic E-state index is 4.11. The summed E-state index contributed by atoms with van der Waals surface area (Å²) in [5, 5.41) is 13.8. The average molecular weight is 216 g/mol. The first-order valence-corrected chi connectivity index (χ1v) is 5.38. The molecule has 0 aliphatic heterocycles. The second-order valence-corrected chi connectivity index (χ2v) is 3.93. The first-order valence-electron chi connectivity index (χ1n) is 5.38. The number of aryl methyl sites for hydroxylation is 1. The van der Waals surface area contributed by atoms with Crippen LogP contribution in [0.2, 0.25) is 0 Å². The van der Waals surface area contributed by atoms with Crippen LogP contribution in [-0.2, 0) is 6.42 Å². The molecule has 0 aliphatic carbocycles. The Balaban J connectivity index is 2.13. The average Bonchev–Trinajstić information content (AvgIpc) is 2.79. The lowest BCUT2D eigenvalue weighted by atomic mass is 10.0. The number of rotatable bonds is 4. The third kappa shape index (κ3) is 2.46. The number of hydrogen-bond donors (Lipinski definition) is 2. The molecule has 0 saturated carbocycles. The van der Waals surface area contributed by atoms with Crippen LogP contribution in [0.5, 0.6) is 0 Å². The van der Waals surface area contributed by atoms with Crippen LogP contribution < -0.4 is 5.32 Å². The number of benzene rings is 1. The molecule has 0 spiro atoms. The fraction of sp³-hybridized carbons (Fsp3) is 0.333. The van der Waals surface area contributed by atoms with Gasteiger partial charge in [-0.1, -0.05) is 29.8 Å². The predicted molar refractivity (Wildman–Crippen MR) is 63.1 cm³/mol. The molecule has 0 amide bonds. The Morgan fingerprint density at radius 1 is 1.44 bits per heavy atom. The Hall–Kier alpha value is -1.68. The van der Waals surface area contributed by atoms with Gasteiger partial charge in [-0.3, -0.25) is 0 Å². The highest BCUT2D eigenvalue weighted by molar-refractivity contribution is 5.24. The molecule has 1 unspecified atom stereocenters. The molecule has 1 heterocycles. The van der Waals surface area contributed by atoms with Gasteiger partial charge in [-0.25, -0.2) is 0 Å². The Bertz CT molecular complexity index is 436. The van der Waals surface area contributed by atoms with E-state index in [4.69, 9.17) is 0 Å². The fourth-order valence-corrected chi connectivity index (χ4v) is 1.81. The van der Waals surface area contributed by atoms with Gasteiger partial charge in [0.2, 0.25) is 0 Å². The Labute approximate surface area is 95.1 Å². The highest BCUT2D eigenvalue weighted by Gasteiger charge is 2.12. The number of nitrogens with one attached hydrogen (secondary N) is 2. The van der Waals surface area contributed by atoms with E-state index in [1.54, 1.807) is 6.20 Å². The first kappa shape index (κ1) is 10.8. The standard InChI is InChI=1S/C12H16N4/c1-9-4-3-5-10(6-9)7-11(13-2)12-8-14-16-15-12/h3-6,8,11,13H,7H2,1-2H3,(H,14,15,16). The molecule has 0 bridgehead atoms. The lowest BCUT2D eigenvalue weighted by Crippen LogP contribution is -2.19. The number of likely N-dealkylation sites (N-methyl/N-ethyl adjacent to an activating group) is 1. The molecule has 1 atom stereocenters. The highest BCUT2D eigenvalue weighted by Crippen LogP contribution is 2.15. The van der Waals surface area contributed by atoms with Gasteiger partial charge >= 0.3 is 0 Å². The summed E-state index contributed by atoms with van der Waals surface area (Å²) in [7, 11) is 1.94. The van der Waals surface area contributed by atoms with E-state index in [2.05, 4.69) is 51.9 Å². The van der Waals surface area contributed by atoms with Crippen molar-refractivity contribution in [1.29, 1.82) is 0 Å². The van der Waals surface area contributed by atoms with Crippen molar-refractivity contribution in [3.63, 3.8) is 0 Å². The summed E-state index contributed by atoms with van der Waals surface area (Å²) in [5.41, 5.74) is 3.54. The summed E-state index contributed by atoms with van der Waals surface area (Å²) in [5.74, 6) is 0. The van der Waals surface area contributed by atoms with E-state index in [9.17, 15) is 0 Å². The van der Waals surface area contributed by atoms with Gasteiger partial charge in [-0.15, -0.1) is 0 Å². The van der Waals surface area contributed by atoms with Gasteiger partial charge in [0.1, 0.15) is 0 Å². The highest BCUT2D eigenvalue weighted by atomic mass is 15.3. The summed E-state index contributed by atoms with van der Waals surface area (Å²) >= 11 is 0. The van der Waals surface area contributed by atoms with Crippen LogP contribution >= 0.6 is 0 Å². The summed E-state index contributed by atoms with van der Waals surface area (Å²) in [6, 6.07) is 8.73. The van der Waals surface area contributed by atoms with Gasteiger partial charge in [0.25, 0.3) is 0 Å². The maximum Gasteiger partial charge on any atom is 0.0997 e. The summed E-state index contributed by atoms with van der Waals surface area (Å²) in [6.45, 7) is 2.11. The third-order valence-electron chi connectivity index (χ3n) is 2.66. The number of hydrogen-bond acceptors (Lipinski definition) is 3. The van der Waals surface area contributed by atoms with Crippen LogP contribution in [0.15, 0.2) is 30.5 Å². The largest absolute Gasteiger partial charge is 0.311 e. The topological polar surface area (TPSA) is 53.6 Å². The van der Waals surface area contributed by atoms with Crippen molar-refractivity contribution in [3.05, 3.63) is 47.3 Å². The predicted octanol–water partition coefficient (Wildman–Crippen LogP) is 1.62. The second kappa shape index (κ2) is 4.90. The maximum absolute atomic E-state index is 4.11. The van der Waals surface area contributed by atoms with E-state index in [-0.39, 0.29) is 6.04 Å². The van der Waals surface area contributed by atoms with E-state index in [1.165, 1.54) is 11.1 Å². The van der Waals surface area contributed by atoms with Gasteiger partial charge in [0.05, 0.1) is 17.9 Å². The summed E-state index contributed by atoms with van der Waals surface area (Å²) < 4.78 is 0. The Morgan fingerprint density at radius 3 is 2.94 bits per heavy atom. The van der Waals surface area contributed by atoms with Crippen LogP contribution in [0.1, 0.15) is 22.9 Å².